The molecule has 5 nitrogen and oxygen atoms in total. The maximum atomic E-state index is 12.2. The lowest BCUT2D eigenvalue weighted by Gasteiger charge is -2.33. The van der Waals surface area contributed by atoms with Gasteiger partial charge in [0.05, 0.1) is 0 Å². The minimum Gasteiger partial charge on any atom is -0.480 e. The summed E-state index contributed by atoms with van der Waals surface area (Å²) >= 11 is 0. The summed E-state index contributed by atoms with van der Waals surface area (Å²) in [6.45, 7) is 2.74. The lowest BCUT2D eigenvalue weighted by Crippen LogP contribution is -2.57. The van der Waals surface area contributed by atoms with Gasteiger partial charge < -0.3 is 15.2 Å². The molecule has 0 atom stereocenters. The van der Waals surface area contributed by atoms with E-state index < -0.39 is 11.5 Å². The minimum absolute atomic E-state index is 0.293. The molecule has 0 aromatic heterocycles. The summed E-state index contributed by atoms with van der Waals surface area (Å²) in [7, 11) is 0. The Labute approximate surface area is 117 Å². The lowest BCUT2D eigenvalue weighted by atomic mass is 9.89. The van der Waals surface area contributed by atoms with E-state index in [0.29, 0.717) is 31.6 Å². The van der Waals surface area contributed by atoms with Crippen LogP contribution in [0.4, 0.5) is 0 Å². The number of nitrogens with one attached hydrogen (secondary N) is 1. The molecule has 2 N–H and O–H groups in total. The van der Waals surface area contributed by atoms with Crippen LogP contribution in [0.3, 0.4) is 0 Å². The zero-order valence-corrected chi connectivity index (χ0v) is 11.5. The van der Waals surface area contributed by atoms with E-state index in [0.717, 1.165) is 12.0 Å². The van der Waals surface area contributed by atoms with Crippen molar-refractivity contribution in [3.8, 4) is 0 Å². The van der Waals surface area contributed by atoms with Crippen molar-refractivity contribution in [2.24, 2.45) is 0 Å². The third-order valence-electron chi connectivity index (χ3n) is 3.73. The molecule has 1 amide bonds. The summed E-state index contributed by atoms with van der Waals surface area (Å²) in [6, 6.07) is 7.21. The van der Waals surface area contributed by atoms with Gasteiger partial charge in [-0.2, -0.15) is 0 Å². The highest BCUT2D eigenvalue weighted by atomic mass is 16.5. The molecule has 108 valence electrons. The van der Waals surface area contributed by atoms with Gasteiger partial charge in [0.1, 0.15) is 5.54 Å². The first-order chi connectivity index (χ1) is 9.57. The van der Waals surface area contributed by atoms with Crippen LogP contribution in [0.25, 0.3) is 0 Å². The van der Waals surface area contributed by atoms with E-state index in [9.17, 15) is 14.7 Å². The normalized spacial score (nSPS) is 17.4. The molecule has 0 aliphatic carbocycles. The molecule has 0 radical (unpaired) electrons. The molecule has 0 bridgehead atoms. The summed E-state index contributed by atoms with van der Waals surface area (Å²) < 4.78 is 5.18. The molecule has 1 aromatic carbocycles. The smallest absolute Gasteiger partial charge is 0.329 e. The zero-order chi connectivity index (χ0) is 14.6. The van der Waals surface area contributed by atoms with Crippen LogP contribution >= 0.6 is 0 Å². The fourth-order valence-electron chi connectivity index (χ4n) is 2.29. The number of aliphatic carboxylic acids is 1. The number of carbonyl (C=O) groups excluding carboxylic acids is 1. The van der Waals surface area contributed by atoms with Gasteiger partial charge in [0.2, 0.25) is 0 Å². The van der Waals surface area contributed by atoms with E-state index in [2.05, 4.69) is 5.32 Å². The Kier molecular flexibility index (Phi) is 4.39. The highest BCUT2D eigenvalue weighted by Crippen LogP contribution is 2.22. The summed E-state index contributed by atoms with van der Waals surface area (Å²) in [5.41, 5.74) is 0.411. The van der Waals surface area contributed by atoms with Gasteiger partial charge in [-0.3, -0.25) is 4.79 Å². The van der Waals surface area contributed by atoms with Crippen LogP contribution < -0.4 is 5.32 Å². The van der Waals surface area contributed by atoms with Crippen molar-refractivity contribution in [2.45, 2.75) is 31.7 Å². The number of carboxylic acid groups (broad SMARTS) is 1. The number of amides is 1. The first-order valence-electron chi connectivity index (χ1n) is 6.80. The average molecular weight is 277 g/mol. The van der Waals surface area contributed by atoms with Gasteiger partial charge in [-0.1, -0.05) is 19.1 Å². The van der Waals surface area contributed by atoms with E-state index in [-0.39, 0.29) is 5.91 Å². The largest absolute Gasteiger partial charge is 0.480 e. The first-order valence-corrected chi connectivity index (χ1v) is 6.80. The first kappa shape index (κ1) is 14.5. The van der Waals surface area contributed by atoms with Crippen molar-refractivity contribution in [3.63, 3.8) is 0 Å². The predicted molar refractivity (Wildman–Crippen MR) is 73.7 cm³/mol. The molecular formula is C15H19NO4. The SMILES string of the molecule is CCc1ccc(C(=O)NC2(C(=O)O)CCOCC2)cc1. The summed E-state index contributed by atoms with van der Waals surface area (Å²) in [5, 5.41) is 12.1. The maximum absolute atomic E-state index is 12.2. The van der Waals surface area contributed by atoms with E-state index in [1.165, 1.54) is 0 Å². The second kappa shape index (κ2) is 6.05. The highest BCUT2D eigenvalue weighted by molar-refractivity contribution is 5.97. The van der Waals surface area contributed by atoms with Gasteiger partial charge in [0.15, 0.2) is 0 Å². The second-order valence-electron chi connectivity index (χ2n) is 5.00. The molecule has 2 rings (SSSR count). The lowest BCUT2D eigenvalue weighted by molar-refractivity contribution is -0.148. The monoisotopic (exact) mass is 277 g/mol. The van der Waals surface area contributed by atoms with Crippen molar-refractivity contribution in [1.82, 2.24) is 5.32 Å². The van der Waals surface area contributed by atoms with Gasteiger partial charge in [-0.25, -0.2) is 4.79 Å². The molecule has 1 heterocycles. The van der Waals surface area contributed by atoms with Crippen LogP contribution in [0.2, 0.25) is 0 Å². The number of hydrogen-bond acceptors (Lipinski definition) is 3. The van der Waals surface area contributed by atoms with Crippen molar-refractivity contribution >= 4 is 11.9 Å². The van der Waals surface area contributed by atoms with Crippen LogP contribution in [-0.4, -0.2) is 35.7 Å². The Bertz CT molecular complexity index is 489. The molecule has 1 aliphatic rings. The maximum Gasteiger partial charge on any atom is 0.329 e. The Hall–Kier alpha value is -1.88. The van der Waals surface area contributed by atoms with Gasteiger partial charge in [-0.05, 0) is 24.1 Å². The van der Waals surface area contributed by atoms with Crippen molar-refractivity contribution < 1.29 is 19.4 Å². The van der Waals surface area contributed by atoms with Gasteiger partial charge in [0, 0.05) is 31.6 Å². The molecular weight excluding hydrogens is 258 g/mol. The Morgan fingerprint density at radius 1 is 1.25 bits per heavy atom. The van der Waals surface area contributed by atoms with Gasteiger partial charge in [-0.15, -0.1) is 0 Å². The Balaban J connectivity index is 2.13. The number of carbonyl (C=O) groups is 2. The van der Waals surface area contributed by atoms with E-state index in [1.807, 2.05) is 19.1 Å². The Morgan fingerprint density at radius 2 is 1.85 bits per heavy atom. The molecule has 1 fully saturated rings. The number of benzene rings is 1. The van der Waals surface area contributed by atoms with E-state index >= 15 is 0 Å². The fraction of sp³-hybridized carbons (Fsp3) is 0.467. The quantitative estimate of drug-likeness (QED) is 0.876. The molecule has 1 aliphatic heterocycles. The molecule has 0 spiro atoms. The summed E-state index contributed by atoms with van der Waals surface area (Å²) in [4.78, 5) is 23.7. The standard InChI is InChI=1S/C15H19NO4/c1-2-11-3-5-12(6-4-11)13(17)16-15(14(18)19)7-9-20-10-8-15/h3-6H,2,7-10H2,1H3,(H,16,17)(H,18,19). The second-order valence-corrected chi connectivity index (χ2v) is 5.00. The van der Waals surface area contributed by atoms with Crippen molar-refractivity contribution in [2.75, 3.05) is 13.2 Å². The van der Waals surface area contributed by atoms with Crippen LogP contribution in [0.1, 0.15) is 35.7 Å². The molecule has 0 saturated carbocycles. The highest BCUT2D eigenvalue weighted by Gasteiger charge is 2.41. The fourth-order valence-corrected chi connectivity index (χ4v) is 2.29. The zero-order valence-electron chi connectivity index (χ0n) is 11.5. The van der Waals surface area contributed by atoms with E-state index in [4.69, 9.17) is 4.74 Å². The van der Waals surface area contributed by atoms with E-state index in [1.54, 1.807) is 12.1 Å². The third kappa shape index (κ3) is 2.99. The number of carboxylic acids is 1. The third-order valence-corrected chi connectivity index (χ3v) is 3.73. The van der Waals surface area contributed by atoms with Crippen molar-refractivity contribution in [1.29, 1.82) is 0 Å². The predicted octanol–water partition coefficient (Wildman–Crippen LogP) is 1.61. The minimum atomic E-state index is -1.21. The number of ether oxygens (including phenoxy) is 1. The van der Waals surface area contributed by atoms with Gasteiger partial charge in [0.25, 0.3) is 5.91 Å². The van der Waals surface area contributed by atoms with Crippen molar-refractivity contribution in [3.05, 3.63) is 35.4 Å². The van der Waals surface area contributed by atoms with Gasteiger partial charge >= 0.3 is 5.97 Å². The molecule has 1 aromatic rings. The molecule has 20 heavy (non-hydrogen) atoms. The van der Waals surface area contributed by atoms with Crippen LogP contribution in [0, 0.1) is 0 Å². The molecule has 5 heteroatoms. The van der Waals surface area contributed by atoms with Crippen LogP contribution in [0.5, 0.6) is 0 Å². The van der Waals surface area contributed by atoms with Crippen LogP contribution in [-0.2, 0) is 16.0 Å². The Morgan fingerprint density at radius 3 is 2.35 bits per heavy atom. The molecule has 1 saturated heterocycles. The average Bonchev–Trinajstić information content (AvgIpc) is 2.48. The molecule has 0 unspecified atom stereocenters. The summed E-state index contributed by atoms with van der Waals surface area (Å²) in [6.07, 6.45) is 1.49. The number of hydrogen-bond donors (Lipinski definition) is 2. The summed E-state index contributed by atoms with van der Waals surface area (Å²) in [5.74, 6) is -1.35. The number of rotatable bonds is 4. The topological polar surface area (TPSA) is 75.6 Å². The van der Waals surface area contributed by atoms with Crippen LogP contribution in [0.15, 0.2) is 24.3 Å². The number of aryl methyl sites for hydroxylation is 1.